The van der Waals surface area contributed by atoms with Gasteiger partial charge in [0, 0.05) is 25.7 Å². The first-order chi connectivity index (χ1) is 8.15. The molecule has 2 fully saturated rings. The average molecular weight is 284 g/mol. The lowest BCUT2D eigenvalue weighted by Gasteiger charge is -2.36. The third-order valence-corrected chi connectivity index (χ3v) is 4.16. The molecule has 0 radical (unpaired) electrons. The number of rotatable bonds is 6. The maximum atomic E-state index is 12.8. The molecule has 0 spiro atoms. The van der Waals surface area contributed by atoms with Crippen molar-refractivity contribution in [2.24, 2.45) is 5.73 Å². The fourth-order valence-corrected chi connectivity index (χ4v) is 2.99. The number of hydrogen-bond acceptors (Lipinski definition) is 6. The second-order valence-electron chi connectivity index (χ2n) is 4.46. The number of nitrogens with one attached hydrogen (secondary N) is 1. The van der Waals surface area contributed by atoms with Crippen LogP contribution in [0.5, 0.6) is 0 Å². The van der Waals surface area contributed by atoms with Crippen molar-refractivity contribution in [3.8, 4) is 0 Å². The van der Waals surface area contributed by atoms with Crippen LogP contribution >= 0.6 is 23.5 Å². The van der Waals surface area contributed by atoms with Crippen molar-refractivity contribution in [2.75, 3.05) is 32.8 Å². The van der Waals surface area contributed by atoms with E-state index in [4.69, 9.17) is 17.3 Å². The summed E-state index contributed by atoms with van der Waals surface area (Å²) < 4.78 is 13.4. The van der Waals surface area contributed by atoms with Crippen LogP contribution in [0.1, 0.15) is 12.8 Å². The van der Waals surface area contributed by atoms with Crippen molar-refractivity contribution >= 4 is 23.5 Å². The minimum absolute atomic E-state index is 0.208. The van der Waals surface area contributed by atoms with E-state index in [0.717, 1.165) is 51.0 Å². The summed E-state index contributed by atoms with van der Waals surface area (Å²) >= 11 is 6.89. The fourth-order valence-electron chi connectivity index (χ4n) is 1.97. The molecule has 100 valence electrons. The van der Waals surface area contributed by atoms with Gasteiger partial charge in [-0.2, -0.15) is 5.01 Å². The van der Waals surface area contributed by atoms with E-state index in [1.807, 2.05) is 0 Å². The number of hydrogen-bond donors (Lipinski definition) is 2. The number of unbranched alkanes of at least 4 members (excludes halogenated alkanes) is 1. The third kappa shape index (κ3) is 4.20. The van der Waals surface area contributed by atoms with Gasteiger partial charge in [0.2, 0.25) is 0 Å². The molecule has 5 nitrogen and oxygen atoms in total. The Kier molecular flexibility index (Phi) is 5.28. The van der Waals surface area contributed by atoms with Gasteiger partial charge >= 0.3 is 0 Å². The molecule has 17 heavy (non-hydrogen) atoms. The zero-order valence-electron chi connectivity index (χ0n) is 9.69. The van der Waals surface area contributed by atoms with Crippen molar-refractivity contribution in [1.82, 2.24) is 19.9 Å². The molecule has 0 aromatic heterocycles. The molecule has 0 saturated carbocycles. The van der Waals surface area contributed by atoms with Crippen molar-refractivity contribution in [3.63, 3.8) is 0 Å². The topological polar surface area (TPSA) is 47.8 Å². The van der Waals surface area contributed by atoms with Crippen molar-refractivity contribution < 1.29 is 4.48 Å². The summed E-state index contributed by atoms with van der Waals surface area (Å²) in [6.07, 6.45) is 2.19. The Labute approximate surface area is 110 Å². The monoisotopic (exact) mass is 283 g/mol. The van der Waals surface area contributed by atoms with Crippen LogP contribution in [-0.4, -0.2) is 58.2 Å². The van der Waals surface area contributed by atoms with Crippen LogP contribution in [0.3, 0.4) is 0 Å². The quantitative estimate of drug-likeness (QED) is 0.244. The second kappa shape index (κ2) is 6.51. The van der Waals surface area contributed by atoms with Gasteiger partial charge in [-0.25, -0.2) is 0 Å². The Balaban J connectivity index is 1.46. The molecule has 0 aliphatic carbocycles. The lowest BCUT2D eigenvalue weighted by atomic mass is 10.1. The van der Waals surface area contributed by atoms with E-state index in [2.05, 4.69) is 10.3 Å². The van der Waals surface area contributed by atoms with E-state index in [-0.39, 0.29) is 11.5 Å². The third-order valence-electron chi connectivity index (χ3n) is 2.91. The maximum Gasteiger partial charge on any atom is 0.162 e. The Morgan fingerprint density at radius 3 is 2.76 bits per heavy atom. The zero-order chi connectivity index (χ0) is 12.3. The lowest BCUT2D eigenvalue weighted by Crippen LogP contribution is -2.55. The molecule has 2 aliphatic rings. The summed E-state index contributed by atoms with van der Waals surface area (Å²) in [4.78, 5) is 2.00. The summed E-state index contributed by atoms with van der Waals surface area (Å²) in [5, 5.41) is 1.70. The maximum absolute atomic E-state index is 12.8. The highest BCUT2D eigenvalue weighted by molar-refractivity contribution is 7.98. The highest BCUT2D eigenvalue weighted by atomic mass is 35.5. The minimum atomic E-state index is -0.353. The zero-order valence-corrected chi connectivity index (χ0v) is 11.3. The van der Waals surface area contributed by atoms with Crippen LogP contribution in [0.4, 0.5) is 4.48 Å². The molecule has 2 heterocycles. The summed E-state index contributed by atoms with van der Waals surface area (Å²) in [6, 6.07) is 0.377. The Bertz CT molecular complexity index is 243. The van der Waals surface area contributed by atoms with E-state index in [1.54, 1.807) is 5.01 Å². The summed E-state index contributed by atoms with van der Waals surface area (Å²) in [5.41, 5.74) is 8.83. The van der Waals surface area contributed by atoms with Crippen LogP contribution in [0.2, 0.25) is 0 Å². The molecule has 2 aliphatic heterocycles. The predicted octanol–water partition coefficient (Wildman–Crippen LogP) is 0.544. The summed E-state index contributed by atoms with van der Waals surface area (Å²) in [7, 11) is 0. The second-order valence-corrected chi connectivity index (χ2v) is 6.19. The molecule has 2 rings (SSSR count). The van der Waals surface area contributed by atoms with Gasteiger partial charge in [0.25, 0.3) is 0 Å². The highest BCUT2D eigenvalue weighted by Crippen LogP contribution is 2.30. The van der Waals surface area contributed by atoms with Crippen LogP contribution < -0.4 is 11.2 Å². The molecule has 1 atom stereocenters. The highest BCUT2D eigenvalue weighted by Gasteiger charge is 2.29. The number of hydrazine groups is 1. The van der Waals surface area contributed by atoms with Crippen LogP contribution in [-0.2, 0) is 0 Å². The molecular weight excluding hydrogens is 265 g/mol. The van der Waals surface area contributed by atoms with Crippen molar-refractivity contribution in [2.45, 2.75) is 23.7 Å². The first-order valence-corrected chi connectivity index (χ1v) is 7.14. The van der Waals surface area contributed by atoms with Gasteiger partial charge in [-0.1, -0.05) is 16.1 Å². The van der Waals surface area contributed by atoms with E-state index < -0.39 is 0 Å². The Hall–Kier alpha value is 0.370. The number of nitrogens with two attached hydrogens (primary N) is 1. The molecule has 3 N–H and O–H groups in total. The molecule has 0 bridgehead atoms. The van der Waals surface area contributed by atoms with E-state index >= 15 is 0 Å². The molecule has 2 saturated heterocycles. The summed E-state index contributed by atoms with van der Waals surface area (Å²) in [6.45, 7) is 4.19. The largest absolute Gasteiger partial charge is 0.325 e. The van der Waals surface area contributed by atoms with E-state index in [9.17, 15) is 4.48 Å². The smallest absolute Gasteiger partial charge is 0.162 e. The molecule has 0 aromatic rings. The van der Waals surface area contributed by atoms with E-state index in [0.29, 0.717) is 10.6 Å². The van der Waals surface area contributed by atoms with Gasteiger partial charge < -0.3 is 10.6 Å². The Morgan fingerprint density at radius 2 is 2.18 bits per heavy atom. The first kappa shape index (κ1) is 13.8. The lowest BCUT2D eigenvalue weighted by molar-refractivity contribution is 0.0745. The van der Waals surface area contributed by atoms with Gasteiger partial charge in [-0.3, -0.25) is 5.43 Å². The number of likely N-dealkylation sites (tertiary alicyclic amines) is 1. The van der Waals surface area contributed by atoms with Crippen LogP contribution in [0.15, 0.2) is 0 Å². The van der Waals surface area contributed by atoms with Gasteiger partial charge in [-0.05, 0) is 31.3 Å². The molecule has 1 unspecified atom stereocenters. The standard InChI is InChI=1S/C9H19ClFN5S/c10-9-15(7-16(11)17-9)13-3-1-2-4-14-5-8(12)6-14/h8-9,13H,1-7,12H2. The fraction of sp³-hybridized carbons (Fsp3) is 1.00. The number of halogens is 2. The molecule has 0 aromatic carbocycles. The van der Waals surface area contributed by atoms with Gasteiger partial charge in [0.1, 0.15) is 6.67 Å². The van der Waals surface area contributed by atoms with Gasteiger partial charge in [-0.15, -0.1) is 4.48 Å². The van der Waals surface area contributed by atoms with Gasteiger partial charge in [0.05, 0.1) is 0 Å². The Morgan fingerprint density at radius 1 is 1.41 bits per heavy atom. The van der Waals surface area contributed by atoms with Gasteiger partial charge in [0.15, 0.2) is 4.83 Å². The predicted molar refractivity (Wildman–Crippen MR) is 68.5 cm³/mol. The average Bonchev–Trinajstić information content (AvgIpc) is 2.54. The normalized spacial score (nSPS) is 28.8. The first-order valence-electron chi connectivity index (χ1n) is 5.87. The molecular formula is C9H19ClFN5S. The molecule has 8 heteroatoms. The van der Waals surface area contributed by atoms with Crippen molar-refractivity contribution in [3.05, 3.63) is 0 Å². The number of alkyl halides is 1. The number of nitrogens with zero attached hydrogens (tertiary/aromatic N) is 3. The summed E-state index contributed by atoms with van der Waals surface area (Å²) in [5.74, 6) is 0. The van der Waals surface area contributed by atoms with Crippen LogP contribution in [0, 0.1) is 0 Å². The van der Waals surface area contributed by atoms with E-state index in [1.165, 1.54) is 0 Å². The minimum Gasteiger partial charge on any atom is -0.325 e. The molecule has 0 amide bonds. The van der Waals surface area contributed by atoms with Crippen LogP contribution in [0.25, 0.3) is 0 Å². The van der Waals surface area contributed by atoms with Crippen molar-refractivity contribution in [1.29, 1.82) is 0 Å². The SMILES string of the molecule is NC1CN(CCCCNN2CN(F)SC2Cl)C1.